The summed E-state index contributed by atoms with van der Waals surface area (Å²) in [5, 5.41) is 3.06. The van der Waals surface area contributed by atoms with Crippen molar-refractivity contribution in [3.05, 3.63) is 168 Å². The van der Waals surface area contributed by atoms with Crippen LogP contribution in [0, 0.1) is 6.92 Å². The Morgan fingerprint density at radius 1 is 0.472 bits per heavy atom. The zero-order valence-corrected chi connectivity index (χ0v) is 31.9. The molecule has 7 aromatic rings. The van der Waals surface area contributed by atoms with Gasteiger partial charge in [-0.3, -0.25) is 0 Å². The molecule has 4 aliphatic heterocycles. The Kier molecular flexibility index (Phi) is 6.19. The van der Waals surface area contributed by atoms with Crippen LogP contribution in [0.2, 0.25) is 13.1 Å². The fourth-order valence-electron chi connectivity index (χ4n) is 10.2. The number of anilines is 9. The van der Waals surface area contributed by atoms with Crippen molar-refractivity contribution in [2.75, 3.05) is 14.7 Å². The van der Waals surface area contributed by atoms with E-state index in [4.69, 9.17) is 0 Å². The molecular formula is C48H40BN3Si. The number of nitrogens with zero attached hydrogens (tertiary/aromatic N) is 3. The molecule has 53 heavy (non-hydrogen) atoms. The molecule has 0 saturated carbocycles. The first kappa shape index (κ1) is 30.8. The standard InChI is InChI=1S/C48H40BN3Si/c1-31-28-35-46-43(29-31)52-42-23-13-14-24-44(42)53(4,5)45-25-15-18-37(47(45)52)49(46)36-27-26-33(30-34(36)48(35,2)3)51-40-21-11-9-19-38(40)50(32-16-7-6-8-17-32)39-20-10-12-22-41(39)51/h6-30H,1-5H3. The van der Waals surface area contributed by atoms with Gasteiger partial charge in [-0.2, -0.15) is 0 Å². The van der Waals surface area contributed by atoms with Crippen molar-refractivity contribution in [1.82, 2.24) is 0 Å². The second-order valence-electron chi connectivity index (χ2n) is 16.3. The summed E-state index contributed by atoms with van der Waals surface area (Å²) < 4.78 is 0. The van der Waals surface area contributed by atoms with Gasteiger partial charge in [0.15, 0.2) is 0 Å². The van der Waals surface area contributed by atoms with E-state index in [1.165, 1.54) is 89.0 Å². The Hall–Kier alpha value is -5.78. The Bertz CT molecular complexity index is 2630. The minimum absolute atomic E-state index is 0.161. The van der Waals surface area contributed by atoms with Gasteiger partial charge in [-0.05, 0) is 106 Å². The van der Waals surface area contributed by atoms with Crippen LogP contribution in [0.25, 0.3) is 0 Å². The lowest BCUT2D eigenvalue weighted by Crippen LogP contribution is -2.68. The summed E-state index contributed by atoms with van der Waals surface area (Å²) >= 11 is 0. The highest BCUT2D eigenvalue weighted by atomic mass is 28.3. The van der Waals surface area contributed by atoms with Gasteiger partial charge in [-0.25, -0.2) is 0 Å². The lowest BCUT2D eigenvalue weighted by atomic mass is 9.30. The molecule has 254 valence electrons. The molecule has 0 N–H and O–H groups in total. The maximum Gasteiger partial charge on any atom is 0.247 e. The molecule has 5 heteroatoms. The molecule has 0 bridgehead atoms. The average molecular weight is 698 g/mol. The molecule has 0 atom stereocenters. The first-order chi connectivity index (χ1) is 25.7. The number of hydrogen-bond acceptors (Lipinski definition) is 3. The van der Waals surface area contributed by atoms with E-state index in [0.717, 1.165) is 5.69 Å². The van der Waals surface area contributed by atoms with E-state index in [1.54, 1.807) is 0 Å². The predicted molar refractivity (Wildman–Crippen MR) is 229 cm³/mol. The van der Waals surface area contributed by atoms with E-state index in [-0.39, 0.29) is 12.1 Å². The Labute approximate surface area is 313 Å². The Morgan fingerprint density at radius 2 is 1.06 bits per heavy atom. The minimum Gasteiger partial charge on any atom is -0.312 e. The van der Waals surface area contributed by atoms with Crippen LogP contribution in [-0.2, 0) is 5.41 Å². The van der Waals surface area contributed by atoms with E-state index < -0.39 is 8.07 Å². The zero-order chi connectivity index (χ0) is 35.8. The largest absolute Gasteiger partial charge is 0.312 e. The van der Waals surface area contributed by atoms with Crippen LogP contribution in [0.4, 0.5) is 51.2 Å². The molecule has 4 heterocycles. The number of fused-ring (bicyclic) bond motifs is 8. The SMILES string of the molecule is Cc1cc2c3c(c1)C(C)(C)c1cc(N4c5ccccc5N(c5ccccc5)c5ccccc54)ccc1B3c1cccc3c1N2c1ccccc1[Si]3(C)C. The lowest BCUT2D eigenvalue weighted by Gasteiger charge is -2.50. The fraction of sp³-hybridized carbons (Fsp3) is 0.125. The molecule has 0 fully saturated rings. The summed E-state index contributed by atoms with van der Waals surface area (Å²) in [4.78, 5) is 7.52. The second kappa shape index (κ2) is 10.6. The third-order valence-electron chi connectivity index (χ3n) is 12.6. The van der Waals surface area contributed by atoms with Gasteiger partial charge in [-0.1, -0.05) is 123 Å². The molecule has 0 spiro atoms. The third kappa shape index (κ3) is 4.01. The van der Waals surface area contributed by atoms with E-state index in [2.05, 4.69) is 200 Å². The summed E-state index contributed by atoms with van der Waals surface area (Å²) in [6.45, 7) is 12.4. The normalized spacial score (nSPS) is 16.2. The highest BCUT2D eigenvalue weighted by Crippen LogP contribution is 2.54. The van der Waals surface area contributed by atoms with Crippen LogP contribution in [0.3, 0.4) is 0 Å². The zero-order valence-electron chi connectivity index (χ0n) is 30.9. The van der Waals surface area contributed by atoms with E-state index in [1.807, 2.05) is 0 Å². The molecule has 11 rings (SSSR count). The van der Waals surface area contributed by atoms with Crippen molar-refractivity contribution < 1.29 is 0 Å². The molecule has 0 aromatic heterocycles. The third-order valence-corrected chi connectivity index (χ3v) is 16.1. The number of benzene rings is 7. The number of rotatable bonds is 2. The average Bonchev–Trinajstić information content (AvgIpc) is 3.18. The number of hydrogen-bond donors (Lipinski definition) is 0. The number of aryl methyl sites for hydroxylation is 1. The van der Waals surface area contributed by atoms with Crippen molar-refractivity contribution in [2.45, 2.75) is 39.3 Å². The number of para-hydroxylation sites is 7. The van der Waals surface area contributed by atoms with Gasteiger partial charge >= 0.3 is 0 Å². The quantitative estimate of drug-likeness (QED) is 0.167. The van der Waals surface area contributed by atoms with Gasteiger partial charge in [0.25, 0.3) is 0 Å². The van der Waals surface area contributed by atoms with Crippen molar-refractivity contribution in [3.63, 3.8) is 0 Å². The Morgan fingerprint density at radius 3 is 1.74 bits per heavy atom. The monoisotopic (exact) mass is 697 g/mol. The summed E-state index contributed by atoms with van der Waals surface area (Å²) in [6, 6.07) is 57.1. The van der Waals surface area contributed by atoms with E-state index >= 15 is 0 Å². The minimum atomic E-state index is -1.96. The molecule has 0 radical (unpaired) electrons. The molecule has 0 amide bonds. The summed E-state index contributed by atoms with van der Waals surface area (Å²) in [6.07, 6.45) is 0. The van der Waals surface area contributed by atoms with Crippen LogP contribution in [0.15, 0.2) is 152 Å². The van der Waals surface area contributed by atoms with Crippen LogP contribution in [0.5, 0.6) is 0 Å². The molecule has 4 aliphatic rings. The van der Waals surface area contributed by atoms with Crippen LogP contribution < -0.4 is 41.5 Å². The first-order valence-electron chi connectivity index (χ1n) is 18.9. The van der Waals surface area contributed by atoms with Crippen LogP contribution >= 0.6 is 0 Å². The summed E-state index contributed by atoms with van der Waals surface area (Å²) in [7, 11) is -1.96. The van der Waals surface area contributed by atoms with Crippen molar-refractivity contribution in [3.8, 4) is 0 Å². The molecular weight excluding hydrogens is 657 g/mol. The first-order valence-corrected chi connectivity index (χ1v) is 21.9. The lowest BCUT2D eigenvalue weighted by molar-refractivity contribution is 0.645. The van der Waals surface area contributed by atoms with Gasteiger partial charge in [-0.15, -0.1) is 0 Å². The molecule has 0 aliphatic carbocycles. The van der Waals surface area contributed by atoms with Crippen LogP contribution in [-0.4, -0.2) is 14.8 Å². The molecule has 0 unspecified atom stereocenters. The van der Waals surface area contributed by atoms with Gasteiger partial charge in [0.2, 0.25) is 6.71 Å². The van der Waals surface area contributed by atoms with Gasteiger partial charge < -0.3 is 14.7 Å². The van der Waals surface area contributed by atoms with Crippen molar-refractivity contribution in [2.24, 2.45) is 0 Å². The topological polar surface area (TPSA) is 9.72 Å². The highest BCUT2D eigenvalue weighted by molar-refractivity contribution is 7.05. The molecule has 7 aromatic carbocycles. The van der Waals surface area contributed by atoms with Gasteiger partial charge in [0.1, 0.15) is 8.07 Å². The highest BCUT2D eigenvalue weighted by Gasteiger charge is 2.50. The van der Waals surface area contributed by atoms with Crippen molar-refractivity contribution >= 4 is 92.7 Å². The molecule has 3 nitrogen and oxygen atoms in total. The smallest absolute Gasteiger partial charge is 0.247 e. The summed E-state index contributed by atoms with van der Waals surface area (Å²) in [5.41, 5.74) is 19.5. The molecule has 0 saturated heterocycles. The van der Waals surface area contributed by atoms with Gasteiger partial charge in [0, 0.05) is 33.9 Å². The van der Waals surface area contributed by atoms with Crippen molar-refractivity contribution in [1.29, 1.82) is 0 Å². The maximum absolute atomic E-state index is 2.64. The second-order valence-corrected chi connectivity index (χ2v) is 20.6. The van der Waals surface area contributed by atoms with E-state index in [9.17, 15) is 0 Å². The fourth-order valence-corrected chi connectivity index (χ4v) is 13.2. The maximum atomic E-state index is 2.64. The van der Waals surface area contributed by atoms with Crippen LogP contribution in [0.1, 0.15) is 30.5 Å². The Balaban J connectivity index is 1.15. The predicted octanol–water partition coefficient (Wildman–Crippen LogP) is 9.32. The summed E-state index contributed by atoms with van der Waals surface area (Å²) in [5.74, 6) is 0. The van der Waals surface area contributed by atoms with Gasteiger partial charge in [0.05, 0.1) is 22.7 Å². The van der Waals surface area contributed by atoms with E-state index in [0.29, 0.717) is 0 Å².